The molecule has 0 saturated carbocycles. The molecule has 1 aromatic carbocycles. The highest BCUT2D eigenvalue weighted by Crippen LogP contribution is 2.21. The maximum absolute atomic E-state index is 10.8. The first kappa shape index (κ1) is 14.6. The first-order valence-electron chi connectivity index (χ1n) is 6.29. The lowest BCUT2D eigenvalue weighted by Gasteiger charge is -2.14. The number of hydrogen-bond donors (Lipinski definition) is 2. The van der Waals surface area contributed by atoms with Gasteiger partial charge >= 0.3 is 5.97 Å². The summed E-state index contributed by atoms with van der Waals surface area (Å²) < 4.78 is 5.21. The third-order valence-electron chi connectivity index (χ3n) is 3.05. The summed E-state index contributed by atoms with van der Waals surface area (Å²) in [5.41, 5.74) is 1.14. The fraction of sp³-hybridized carbons (Fsp3) is 0.267. The molecule has 106 valence electrons. The Kier molecular flexibility index (Phi) is 4.76. The van der Waals surface area contributed by atoms with E-state index in [9.17, 15) is 4.79 Å². The van der Waals surface area contributed by atoms with Gasteiger partial charge in [0.15, 0.2) is 0 Å². The Morgan fingerprint density at radius 1 is 1.40 bits per heavy atom. The molecule has 4 nitrogen and oxygen atoms in total. The zero-order valence-electron chi connectivity index (χ0n) is 11.4. The predicted molar refractivity (Wildman–Crippen MR) is 79.5 cm³/mol. The summed E-state index contributed by atoms with van der Waals surface area (Å²) >= 11 is 1.30. The number of methoxy groups -OCH3 is 1. The molecule has 1 heterocycles. The Bertz CT molecular complexity index is 594. The largest absolute Gasteiger partial charge is 0.497 e. The molecule has 2 aromatic rings. The van der Waals surface area contributed by atoms with Crippen molar-refractivity contribution in [2.75, 3.05) is 7.11 Å². The van der Waals surface area contributed by atoms with Gasteiger partial charge in [-0.2, -0.15) is 0 Å². The van der Waals surface area contributed by atoms with E-state index in [1.807, 2.05) is 30.3 Å². The van der Waals surface area contributed by atoms with Crippen LogP contribution < -0.4 is 10.1 Å². The molecule has 1 atom stereocenters. The van der Waals surface area contributed by atoms with Crippen LogP contribution in [0.15, 0.2) is 36.4 Å². The molecular formula is C15H17NO3S. The highest BCUT2D eigenvalue weighted by Gasteiger charge is 2.09. The Hall–Kier alpha value is -1.85. The fourth-order valence-electron chi connectivity index (χ4n) is 1.87. The summed E-state index contributed by atoms with van der Waals surface area (Å²) in [4.78, 5) is 12.2. The van der Waals surface area contributed by atoms with E-state index < -0.39 is 5.97 Å². The van der Waals surface area contributed by atoms with Gasteiger partial charge in [-0.25, -0.2) is 4.79 Å². The molecule has 20 heavy (non-hydrogen) atoms. The zero-order valence-corrected chi connectivity index (χ0v) is 12.2. The lowest BCUT2D eigenvalue weighted by atomic mass is 10.1. The molecule has 0 unspecified atom stereocenters. The van der Waals surface area contributed by atoms with Gasteiger partial charge in [-0.15, -0.1) is 11.3 Å². The molecule has 0 aliphatic heterocycles. The van der Waals surface area contributed by atoms with Gasteiger partial charge in [-0.3, -0.25) is 0 Å². The van der Waals surface area contributed by atoms with E-state index in [-0.39, 0.29) is 6.04 Å². The van der Waals surface area contributed by atoms with Gasteiger partial charge in [0.1, 0.15) is 10.6 Å². The smallest absolute Gasteiger partial charge is 0.345 e. The second-order valence-electron chi connectivity index (χ2n) is 4.45. The zero-order chi connectivity index (χ0) is 14.5. The van der Waals surface area contributed by atoms with Crippen molar-refractivity contribution >= 4 is 17.3 Å². The van der Waals surface area contributed by atoms with E-state index >= 15 is 0 Å². The van der Waals surface area contributed by atoms with E-state index in [1.54, 1.807) is 13.2 Å². The standard InChI is InChI=1S/C15H17NO3S/c1-10(11-4-3-5-12(8-11)19-2)16-9-13-6-7-14(20-13)15(17)18/h3-8,10,16H,9H2,1-2H3,(H,17,18)/t10-/m0/s1. The van der Waals surface area contributed by atoms with Gasteiger partial charge in [0.2, 0.25) is 0 Å². The third-order valence-corrected chi connectivity index (χ3v) is 4.12. The minimum absolute atomic E-state index is 0.167. The van der Waals surface area contributed by atoms with Gasteiger partial charge in [0, 0.05) is 17.5 Å². The van der Waals surface area contributed by atoms with Crippen LogP contribution in [0.4, 0.5) is 0 Å². The molecule has 0 bridgehead atoms. The van der Waals surface area contributed by atoms with Crippen LogP contribution in [0.3, 0.4) is 0 Å². The van der Waals surface area contributed by atoms with Gasteiger partial charge in [-0.05, 0) is 36.8 Å². The van der Waals surface area contributed by atoms with E-state index in [0.29, 0.717) is 11.4 Å². The first-order valence-corrected chi connectivity index (χ1v) is 7.11. The van der Waals surface area contributed by atoms with Crippen LogP contribution in [0.5, 0.6) is 5.75 Å². The average Bonchev–Trinajstić information content (AvgIpc) is 2.94. The first-order chi connectivity index (χ1) is 9.60. The van der Waals surface area contributed by atoms with E-state index in [4.69, 9.17) is 9.84 Å². The number of carboxylic acids is 1. The SMILES string of the molecule is COc1cccc([C@H](C)NCc2ccc(C(=O)O)s2)c1. The Balaban J connectivity index is 1.96. The molecule has 0 radical (unpaired) electrons. The van der Waals surface area contributed by atoms with Gasteiger partial charge < -0.3 is 15.2 Å². The highest BCUT2D eigenvalue weighted by atomic mass is 32.1. The molecule has 2 rings (SSSR count). The van der Waals surface area contributed by atoms with Crippen LogP contribution in [-0.4, -0.2) is 18.2 Å². The van der Waals surface area contributed by atoms with Crippen molar-refractivity contribution in [1.29, 1.82) is 0 Å². The van der Waals surface area contributed by atoms with E-state index in [1.165, 1.54) is 11.3 Å². The molecule has 0 saturated heterocycles. The third kappa shape index (κ3) is 3.59. The minimum Gasteiger partial charge on any atom is -0.497 e. The predicted octanol–water partition coefficient (Wildman–Crippen LogP) is 3.31. The number of ether oxygens (including phenoxy) is 1. The summed E-state index contributed by atoms with van der Waals surface area (Å²) in [6, 6.07) is 11.6. The van der Waals surface area contributed by atoms with Gasteiger partial charge in [0.25, 0.3) is 0 Å². The Morgan fingerprint density at radius 2 is 2.20 bits per heavy atom. The van der Waals surface area contributed by atoms with Crippen LogP contribution in [0.1, 0.15) is 33.1 Å². The van der Waals surface area contributed by atoms with Crippen molar-refractivity contribution in [3.8, 4) is 5.75 Å². The van der Waals surface area contributed by atoms with Crippen LogP contribution in [-0.2, 0) is 6.54 Å². The number of hydrogen-bond acceptors (Lipinski definition) is 4. The lowest BCUT2D eigenvalue weighted by Crippen LogP contribution is -2.17. The van der Waals surface area contributed by atoms with E-state index in [0.717, 1.165) is 16.2 Å². The number of benzene rings is 1. The highest BCUT2D eigenvalue weighted by molar-refractivity contribution is 7.13. The van der Waals surface area contributed by atoms with Crippen molar-refractivity contribution in [3.63, 3.8) is 0 Å². The number of aromatic carboxylic acids is 1. The van der Waals surface area contributed by atoms with Crippen LogP contribution >= 0.6 is 11.3 Å². The van der Waals surface area contributed by atoms with Crippen LogP contribution in [0.2, 0.25) is 0 Å². The maximum atomic E-state index is 10.8. The Morgan fingerprint density at radius 3 is 2.85 bits per heavy atom. The van der Waals surface area contributed by atoms with Crippen LogP contribution in [0, 0.1) is 0 Å². The lowest BCUT2D eigenvalue weighted by molar-refractivity contribution is 0.0702. The van der Waals surface area contributed by atoms with Gasteiger partial charge in [-0.1, -0.05) is 12.1 Å². The van der Waals surface area contributed by atoms with E-state index in [2.05, 4.69) is 12.2 Å². The summed E-state index contributed by atoms with van der Waals surface area (Å²) in [6.45, 7) is 2.72. The summed E-state index contributed by atoms with van der Waals surface area (Å²) in [7, 11) is 1.65. The van der Waals surface area contributed by atoms with Crippen LogP contribution in [0.25, 0.3) is 0 Å². The normalized spacial score (nSPS) is 12.1. The fourth-order valence-corrected chi connectivity index (χ4v) is 2.67. The molecule has 5 heteroatoms. The minimum atomic E-state index is -0.873. The molecule has 0 amide bonds. The van der Waals surface area contributed by atoms with Crippen molar-refractivity contribution < 1.29 is 14.6 Å². The Labute approximate surface area is 122 Å². The quantitative estimate of drug-likeness (QED) is 0.857. The van der Waals surface area contributed by atoms with Crippen molar-refractivity contribution in [1.82, 2.24) is 5.32 Å². The topological polar surface area (TPSA) is 58.6 Å². The number of thiophene rings is 1. The number of carbonyl (C=O) groups is 1. The van der Waals surface area contributed by atoms with Crippen molar-refractivity contribution in [2.45, 2.75) is 19.5 Å². The summed E-state index contributed by atoms with van der Waals surface area (Å²) in [5.74, 6) is -0.0393. The van der Waals surface area contributed by atoms with Crippen molar-refractivity contribution in [2.24, 2.45) is 0 Å². The second-order valence-corrected chi connectivity index (χ2v) is 5.62. The molecule has 0 fully saturated rings. The second kappa shape index (κ2) is 6.54. The summed E-state index contributed by atoms with van der Waals surface area (Å²) in [5, 5.41) is 12.3. The molecular weight excluding hydrogens is 274 g/mol. The molecule has 0 aliphatic carbocycles. The molecule has 0 spiro atoms. The van der Waals surface area contributed by atoms with Gasteiger partial charge in [0.05, 0.1) is 7.11 Å². The number of rotatable bonds is 6. The number of nitrogens with one attached hydrogen (secondary N) is 1. The molecule has 1 aromatic heterocycles. The monoisotopic (exact) mass is 291 g/mol. The summed E-state index contributed by atoms with van der Waals surface area (Å²) in [6.07, 6.45) is 0. The number of carboxylic acid groups (broad SMARTS) is 1. The maximum Gasteiger partial charge on any atom is 0.345 e. The van der Waals surface area contributed by atoms with Crippen molar-refractivity contribution in [3.05, 3.63) is 51.7 Å². The molecule has 0 aliphatic rings. The average molecular weight is 291 g/mol. The molecule has 2 N–H and O–H groups in total.